The van der Waals surface area contributed by atoms with Crippen LogP contribution in [0.4, 0.5) is 0 Å². The number of hydrogen-bond acceptors (Lipinski definition) is 2. The molecule has 1 fully saturated rings. The first-order chi connectivity index (χ1) is 9.14. The lowest BCUT2D eigenvalue weighted by Gasteiger charge is -2.41. The van der Waals surface area contributed by atoms with Gasteiger partial charge in [0.2, 0.25) is 0 Å². The molecule has 0 unspecified atom stereocenters. The van der Waals surface area contributed by atoms with Gasteiger partial charge in [0.05, 0.1) is 6.10 Å². The molecular weight excluding hydrogens is 304 g/mol. The van der Waals surface area contributed by atoms with Gasteiger partial charge in [0.15, 0.2) is 5.78 Å². The van der Waals surface area contributed by atoms with Gasteiger partial charge in [-0.15, -0.1) is 0 Å². The van der Waals surface area contributed by atoms with E-state index in [9.17, 15) is 4.79 Å². The second-order valence-corrected chi connectivity index (χ2v) is 6.76. The van der Waals surface area contributed by atoms with Crippen molar-refractivity contribution < 1.29 is 9.53 Å². The van der Waals surface area contributed by atoms with Gasteiger partial charge in [-0.05, 0) is 56.2 Å². The number of ether oxygens (including phenoxy) is 1. The van der Waals surface area contributed by atoms with Gasteiger partial charge in [0.25, 0.3) is 0 Å². The Kier molecular flexibility index (Phi) is 3.52. The number of halogens is 1. The van der Waals surface area contributed by atoms with Crippen LogP contribution in [0.15, 0.2) is 22.7 Å². The van der Waals surface area contributed by atoms with Gasteiger partial charge < -0.3 is 4.74 Å². The average Bonchev–Trinajstić information content (AvgIpc) is 2.45. The summed E-state index contributed by atoms with van der Waals surface area (Å²) in [6.07, 6.45) is 6.40. The van der Waals surface area contributed by atoms with E-state index >= 15 is 0 Å². The maximum absolute atomic E-state index is 12.9. The lowest BCUT2D eigenvalue weighted by atomic mass is 9.62. The third-order valence-corrected chi connectivity index (χ3v) is 5.39. The summed E-state index contributed by atoms with van der Waals surface area (Å²) in [5.41, 5.74) is 2.05. The number of aryl methyl sites for hydroxylation is 1. The zero-order valence-corrected chi connectivity index (χ0v) is 12.8. The number of hydrogen-bond donors (Lipinski definition) is 0. The molecule has 0 aromatic heterocycles. The summed E-state index contributed by atoms with van der Waals surface area (Å²) in [6.45, 7) is 0. The van der Waals surface area contributed by atoms with E-state index in [-0.39, 0.29) is 5.41 Å². The molecule has 19 heavy (non-hydrogen) atoms. The van der Waals surface area contributed by atoms with Gasteiger partial charge >= 0.3 is 0 Å². The summed E-state index contributed by atoms with van der Waals surface area (Å²) < 4.78 is 6.43. The molecule has 0 radical (unpaired) electrons. The molecule has 0 bridgehead atoms. The van der Waals surface area contributed by atoms with Crippen molar-refractivity contribution in [2.24, 2.45) is 5.41 Å². The third kappa shape index (κ3) is 2.27. The molecule has 0 heterocycles. The molecular formula is C16H19BrO2. The van der Waals surface area contributed by atoms with Gasteiger partial charge in [-0.25, -0.2) is 0 Å². The second-order valence-electron chi connectivity index (χ2n) is 5.85. The van der Waals surface area contributed by atoms with Crippen LogP contribution in [0.5, 0.6) is 0 Å². The third-order valence-electron chi connectivity index (χ3n) is 4.89. The van der Waals surface area contributed by atoms with E-state index in [1.807, 2.05) is 12.1 Å². The predicted molar refractivity (Wildman–Crippen MR) is 78.5 cm³/mol. The fraction of sp³-hybridized carbons (Fsp3) is 0.562. The SMILES string of the molecule is COC1CCC2(CCc3ccc(Br)cc3C2=O)CC1. The van der Waals surface area contributed by atoms with Crippen molar-refractivity contribution in [1.29, 1.82) is 0 Å². The second kappa shape index (κ2) is 5.02. The number of benzene rings is 1. The quantitative estimate of drug-likeness (QED) is 0.776. The fourth-order valence-electron chi connectivity index (χ4n) is 3.61. The highest BCUT2D eigenvalue weighted by molar-refractivity contribution is 9.10. The summed E-state index contributed by atoms with van der Waals surface area (Å²) >= 11 is 3.48. The number of methoxy groups -OCH3 is 1. The molecule has 0 N–H and O–H groups in total. The number of ketones is 1. The first-order valence-corrected chi connectivity index (χ1v) is 7.80. The van der Waals surface area contributed by atoms with Crippen molar-refractivity contribution in [2.45, 2.75) is 44.6 Å². The first-order valence-electron chi connectivity index (χ1n) is 7.01. The zero-order valence-electron chi connectivity index (χ0n) is 11.2. The van der Waals surface area contributed by atoms with E-state index in [0.717, 1.165) is 48.6 Å². The minimum Gasteiger partial charge on any atom is -0.381 e. The predicted octanol–water partition coefficient (Wildman–Crippen LogP) is 4.15. The molecule has 2 aliphatic rings. The normalized spacial score (nSPS) is 30.4. The molecule has 102 valence electrons. The van der Waals surface area contributed by atoms with Crippen molar-refractivity contribution in [1.82, 2.24) is 0 Å². The Morgan fingerprint density at radius 2 is 2.00 bits per heavy atom. The molecule has 0 amide bonds. The lowest BCUT2D eigenvalue weighted by Crippen LogP contribution is -2.40. The topological polar surface area (TPSA) is 26.3 Å². The largest absolute Gasteiger partial charge is 0.381 e. The molecule has 1 saturated carbocycles. The van der Waals surface area contributed by atoms with Crippen LogP contribution in [0.3, 0.4) is 0 Å². The number of carbonyl (C=O) groups excluding carboxylic acids is 1. The van der Waals surface area contributed by atoms with E-state index in [4.69, 9.17) is 4.74 Å². The van der Waals surface area contributed by atoms with Gasteiger partial charge in [-0.1, -0.05) is 22.0 Å². The van der Waals surface area contributed by atoms with Crippen molar-refractivity contribution in [2.75, 3.05) is 7.11 Å². The number of carbonyl (C=O) groups is 1. The van der Waals surface area contributed by atoms with Crippen LogP contribution in [-0.4, -0.2) is 19.0 Å². The standard InChI is InChI=1S/C16H19BrO2/c1-19-13-5-8-16(9-6-13)7-4-11-2-3-12(17)10-14(11)15(16)18/h2-3,10,13H,4-9H2,1H3. The Morgan fingerprint density at radius 1 is 1.26 bits per heavy atom. The van der Waals surface area contributed by atoms with Crippen molar-refractivity contribution in [3.63, 3.8) is 0 Å². The van der Waals surface area contributed by atoms with Crippen LogP contribution in [0.2, 0.25) is 0 Å². The molecule has 0 aliphatic heterocycles. The van der Waals surface area contributed by atoms with Crippen LogP contribution in [0.25, 0.3) is 0 Å². The van der Waals surface area contributed by atoms with Crippen molar-refractivity contribution in [3.8, 4) is 0 Å². The minimum absolute atomic E-state index is 0.108. The van der Waals surface area contributed by atoms with Gasteiger partial charge in [0.1, 0.15) is 0 Å². The molecule has 1 spiro atoms. The van der Waals surface area contributed by atoms with Crippen LogP contribution < -0.4 is 0 Å². The highest BCUT2D eigenvalue weighted by Gasteiger charge is 2.44. The molecule has 0 saturated heterocycles. The van der Waals surface area contributed by atoms with E-state index in [0.29, 0.717) is 11.9 Å². The summed E-state index contributed by atoms with van der Waals surface area (Å²) in [6, 6.07) is 6.12. The molecule has 1 aromatic carbocycles. The van der Waals surface area contributed by atoms with E-state index < -0.39 is 0 Å². The number of Topliss-reactive ketones (excluding diaryl/α,β-unsaturated/α-hetero) is 1. The smallest absolute Gasteiger partial charge is 0.169 e. The van der Waals surface area contributed by atoms with Crippen LogP contribution in [0, 0.1) is 5.41 Å². The van der Waals surface area contributed by atoms with Crippen molar-refractivity contribution >= 4 is 21.7 Å². The fourth-order valence-corrected chi connectivity index (χ4v) is 3.97. The van der Waals surface area contributed by atoms with Crippen LogP contribution in [0.1, 0.15) is 48.0 Å². The van der Waals surface area contributed by atoms with Gasteiger partial charge in [-0.3, -0.25) is 4.79 Å². The summed E-state index contributed by atoms with van der Waals surface area (Å²) in [7, 11) is 1.78. The summed E-state index contributed by atoms with van der Waals surface area (Å²) in [5, 5.41) is 0. The van der Waals surface area contributed by atoms with Crippen molar-refractivity contribution in [3.05, 3.63) is 33.8 Å². The molecule has 3 heteroatoms. The Balaban J connectivity index is 1.89. The first kappa shape index (κ1) is 13.3. The maximum Gasteiger partial charge on any atom is 0.169 e. The molecule has 3 rings (SSSR count). The number of fused-ring (bicyclic) bond motifs is 1. The summed E-state index contributed by atoms with van der Waals surface area (Å²) in [4.78, 5) is 12.9. The Morgan fingerprint density at radius 3 is 2.68 bits per heavy atom. The maximum atomic E-state index is 12.9. The van der Waals surface area contributed by atoms with E-state index in [2.05, 4.69) is 22.0 Å². The van der Waals surface area contributed by atoms with Crippen LogP contribution in [-0.2, 0) is 11.2 Å². The van der Waals surface area contributed by atoms with Gasteiger partial charge in [0, 0.05) is 22.6 Å². The molecule has 0 atom stereocenters. The molecule has 1 aromatic rings. The highest BCUT2D eigenvalue weighted by atomic mass is 79.9. The monoisotopic (exact) mass is 322 g/mol. The van der Waals surface area contributed by atoms with E-state index in [1.165, 1.54) is 5.56 Å². The average molecular weight is 323 g/mol. The zero-order chi connectivity index (χ0) is 13.5. The van der Waals surface area contributed by atoms with E-state index in [1.54, 1.807) is 7.11 Å². The van der Waals surface area contributed by atoms with Crippen LogP contribution >= 0.6 is 15.9 Å². The highest BCUT2D eigenvalue weighted by Crippen LogP contribution is 2.46. The summed E-state index contributed by atoms with van der Waals surface area (Å²) in [5.74, 6) is 0.365. The number of rotatable bonds is 1. The van der Waals surface area contributed by atoms with Gasteiger partial charge in [-0.2, -0.15) is 0 Å². The Hall–Kier alpha value is -0.670. The Bertz CT molecular complexity index is 501. The molecule has 2 aliphatic carbocycles. The molecule has 2 nitrogen and oxygen atoms in total. The minimum atomic E-state index is -0.108. The lowest BCUT2D eigenvalue weighted by molar-refractivity contribution is 0.0218. The Labute approximate surface area is 122 Å².